The summed E-state index contributed by atoms with van der Waals surface area (Å²) in [6.45, 7) is 2.74. The molecular formula is C20H24FNO3S. The zero-order chi connectivity index (χ0) is 18.7. The molecule has 0 radical (unpaired) electrons. The van der Waals surface area contributed by atoms with Crippen LogP contribution in [0.25, 0.3) is 0 Å². The Kier molecular flexibility index (Phi) is 5.63. The third-order valence-corrected chi connectivity index (χ3v) is 6.80. The Bertz CT molecular complexity index is 865. The van der Waals surface area contributed by atoms with E-state index in [1.807, 2.05) is 13.0 Å². The number of hydrogen-bond acceptors (Lipinski definition) is 3. The van der Waals surface area contributed by atoms with Crippen LogP contribution in [-0.4, -0.2) is 32.9 Å². The van der Waals surface area contributed by atoms with Crippen LogP contribution in [0.5, 0.6) is 5.75 Å². The quantitative estimate of drug-likeness (QED) is 0.806. The number of nitrogens with zero attached hydrogens (tertiary/aromatic N) is 1. The summed E-state index contributed by atoms with van der Waals surface area (Å²) in [6, 6.07) is 11.6. The molecule has 0 aliphatic carbocycles. The van der Waals surface area contributed by atoms with Gasteiger partial charge in [0.05, 0.1) is 7.11 Å². The first-order valence-electron chi connectivity index (χ1n) is 8.82. The summed E-state index contributed by atoms with van der Waals surface area (Å²) in [7, 11) is -2.19. The number of hydrogen-bond donors (Lipinski definition) is 0. The summed E-state index contributed by atoms with van der Waals surface area (Å²) >= 11 is 0. The Balaban J connectivity index is 1.93. The van der Waals surface area contributed by atoms with Crippen LogP contribution in [0.15, 0.2) is 47.4 Å². The minimum Gasteiger partial charge on any atom is -0.495 e. The first kappa shape index (κ1) is 18.9. The van der Waals surface area contributed by atoms with Crippen molar-refractivity contribution < 1.29 is 17.5 Å². The van der Waals surface area contributed by atoms with Crippen molar-refractivity contribution in [1.82, 2.24) is 4.31 Å². The normalized spacial score (nSPS) is 19.1. The molecule has 0 amide bonds. The molecule has 0 saturated carbocycles. The average molecular weight is 377 g/mol. The van der Waals surface area contributed by atoms with Crippen molar-refractivity contribution in [3.05, 3.63) is 59.4 Å². The number of ether oxygens (including phenoxy) is 1. The number of halogens is 1. The van der Waals surface area contributed by atoms with Crippen molar-refractivity contribution in [2.24, 2.45) is 0 Å². The van der Waals surface area contributed by atoms with Gasteiger partial charge in [-0.3, -0.25) is 0 Å². The van der Waals surface area contributed by atoms with Crippen LogP contribution in [0.3, 0.4) is 0 Å². The highest BCUT2D eigenvalue weighted by Gasteiger charge is 2.31. The van der Waals surface area contributed by atoms with Crippen molar-refractivity contribution in [3.63, 3.8) is 0 Å². The zero-order valence-corrected chi connectivity index (χ0v) is 15.9. The predicted octanol–water partition coefficient (Wildman–Crippen LogP) is 4.10. The lowest BCUT2D eigenvalue weighted by Crippen LogP contribution is -2.34. The van der Waals surface area contributed by atoms with Gasteiger partial charge in [-0.05, 0) is 61.1 Å². The second-order valence-electron chi connectivity index (χ2n) is 6.76. The highest BCUT2D eigenvalue weighted by molar-refractivity contribution is 7.89. The summed E-state index contributed by atoms with van der Waals surface area (Å²) in [5.74, 6) is 0.137. The molecule has 2 aromatic rings. The summed E-state index contributed by atoms with van der Waals surface area (Å²) in [5, 5.41) is 0. The van der Waals surface area contributed by atoms with Crippen LogP contribution in [0.4, 0.5) is 4.39 Å². The van der Waals surface area contributed by atoms with Crippen LogP contribution in [-0.2, 0) is 10.0 Å². The molecule has 3 rings (SSSR count). The van der Waals surface area contributed by atoms with E-state index in [4.69, 9.17) is 4.74 Å². The molecular weight excluding hydrogens is 353 g/mol. The number of benzene rings is 2. The lowest BCUT2D eigenvalue weighted by Gasteiger charge is -2.25. The second kappa shape index (κ2) is 7.76. The molecule has 0 aromatic heterocycles. The molecule has 1 saturated heterocycles. The Hall–Kier alpha value is -1.92. The van der Waals surface area contributed by atoms with Gasteiger partial charge < -0.3 is 4.74 Å². The summed E-state index contributed by atoms with van der Waals surface area (Å²) < 4.78 is 46.6. The molecule has 0 bridgehead atoms. The largest absolute Gasteiger partial charge is 0.495 e. The lowest BCUT2D eigenvalue weighted by molar-refractivity contribution is 0.386. The number of methoxy groups -OCH3 is 1. The molecule has 1 aliphatic heterocycles. The molecule has 2 aromatic carbocycles. The molecule has 4 nitrogen and oxygen atoms in total. The summed E-state index contributed by atoms with van der Waals surface area (Å²) in [4.78, 5) is 0.208. The molecule has 140 valence electrons. The van der Waals surface area contributed by atoms with Gasteiger partial charge in [-0.15, -0.1) is 0 Å². The van der Waals surface area contributed by atoms with E-state index >= 15 is 0 Å². The predicted molar refractivity (Wildman–Crippen MR) is 99.5 cm³/mol. The third-order valence-electron chi connectivity index (χ3n) is 4.91. The topological polar surface area (TPSA) is 46.6 Å². The Morgan fingerprint density at radius 3 is 2.54 bits per heavy atom. The van der Waals surface area contributed by atoms with Crippen molar-refractivity contribution >= 4 is 10.0 Å². The maximum Gasteiger partial charge on any atom is 0.246 e. The minimum atomic E-state index is -3.67. The number of rotatable bonds is 4. The van der Waals surface area contributed by atoms with Gasteiger partial charge in [-0.25, -0.2) is 12.8 Å². The van der Waals surface area contributed by atoms with Gasteiger partial charge in [0.25, 0.3) is 0 Å². The highest BCUT2D eigenvalue weighted by Crippen LogP contribution is 2.33. The molecule has 1 aliphatic rings. The first-order chi connectivity index (χ1) is 12.4. The van der Waals surface area contributed by atoms with E-state index in [1.165, 1.54) is 19.2 Å². The molecule has 1 unspecified atom stereocenters. The SMILES string of the molecule is COc1ccc(C)cc1S(=O)(=O)N1CCCCC(c2ccc(F)cc2)C1. The molecule has 1 heterocycles. The van der Waals surface area contributed by atoms with Gasteiger partial charge in [0, 0.05) is 13.1 Å². The fourth-order valence-corrected chi connectivity index (χ4v) is 5.22. The maximum absolute atomic E-state index is 13.3. The van der Waals surface area contributed by atoms with Crippen LogP contribution in [0, 0.1) is 12.7 Å². The van der Waals surface area contributed by atoms with Crippen molar-refractivity contribution in [2.45, 2.75) is 37.0 Å². The van der Waals surface area contributed by atoms with E-state index in [9.17, 15) is 12.8 Å². The van der Waals surface area contributed by atoms with E-state index in [-0.39, 0.29) is 16.6 Å². The van der Waals surface area contributed by atoms with E-state index in [2.05, 4.69) is 0 Å². The average Bonchev–Trinajstić information content (AvgIpc) is 2.89. The van der Waals surface area contributed by atoms with Gasteiger partial charge in [0.2, 0.25) is 10.0 Å². The minimum absolute atomic E-state index is 0.0590. The molecule has 0 spiro atoms. The monoisotopic (exact) mass is 377 g/mol. The van der Waals surface area contributed by atoms with E-state index in [1.54, 1.807) is 28.6 Å². The van der Waals surface area contributed by atoms with Crippen LogP contribution < -0.4 is 4.74 Å². The summed E-state index contributed by atoms with van der Waals surface area (Å²) in [6.07, 6.45) is 2.65. The fraction of sp³-hybridized carbons (Fsp3) is 0.400. The van der Waals surface area contributed by atoms with Gasteiger partial charge in [0.15, 0.2) is 0 Å². The Labute approximate surface area is 154 Å². The zero-order valence-electron chi connectivity index (χ0n) is 15.1. The standard InChI is InChI=1S/C20H24FNO3S/c1-15-6-11-19(25-2)20(13-15)26(23,24)22-12-4-3-5-17(14-22)16-7-9-18(21)10-8-16/h6-11,13,17H,3-5,12,14H2,1-2H3. The molecule has 0 N–H and O–H groups in total. The summed E-state index contributed by atoms with van der Waals surface area (Å²) in [5.41, 5.74) is 1.85. The Morgan fingerprint density at radius 2 is 1.85 bits per heavy atom. The van der Waals surface area contributed by atoms with Gasteiger partial charge in [-0.2, -0.15) is 4.31 Å². The van der Waals surface area contributed by atoms with Crippen LogP contribution in [0.2, 0.25) is 0 Å². The van der Waals surface area contributed by atoms with Gasteiger partial charge >= 0.3 is 0 Å². The van der Waals surface area contributed by atoms with E-state index in [0.29, 0.717) is 18.8 Å². The smallest absolute Gasteiger partial charge is 0.246 e. The van der Waals surface area contributed by atoms with Gasteiger partial charge in [0.1, 0.15) is 16.5 Å². The van der Waals surface area contributed by atoms with Gasteiger partial charge in [-0.1, -0.05) is 24.6 Å². The second-order valence-corrected chi connectivity index (χ2v) is 8.67. The van der Waals surface area contributed by atoms with E-state index < -0.39 is 10.0 Å². The number of sulfonamides is 1. The molecule has 1 fully saturated rings. The molecule has 26 heavy (non-hydrogen) atoms. The third kappa shape index (κ3) is 3.91. The van der Waals surface area contributed by atoms with Crippen molar-refractivity contribution in [1.29, 1.82) is 0 Å². The maximum atomic E-state index is 13.3. The van der Waals surface area contributed by atoms with Crippen LogP contribution >= 0.6 is 0 Å². The molecule has 1 atom stereocenters. The van der Waals surface area contributed by atoms with Crippen LogP contribution in [0.1, 0.15) is 36.3 Å². The van der Waals surface area contributed by atoms with Crippen molar-refractivity contribution in [2.75, 3.05) is 20.2 Å². The van der Waals surface area contributed by atoms with E-state index in [0.717, 1.165) is 30.4 Å². The fourth-order valence-electron chi connectivity index (χ4n) is 3.46. The van der Waals surface area contributed by atoms with Crippen molar-refractivity contribution in [3.8, 4) is 5.75 Å². The highest BCUT2D eigenvalue weighted by atomic mass is 32.2. The molecule has 6 heteroatoms. The Morgan fingerprint density at radius 1 is 1.12 bits per heavy atom. The lowest BCUT2D eigenvalue weighted by atomic mass is 9.95. The first-order valence-corrected chi connectivity index (χ1v) is 10.3. The number of aryl methyl sites for hydroxylation is 1.